The third kappa shape index (κ3) is 3.37. The van der Waals surface area contributed by atoms with E-state index in [4.69, 9.17) is 9.47 Å². The van der Waals surface area contributed by atoms with Crippen molar-refractivity contribution in [3.05, 3.63) is 35.5 Å². The molecule has 0 radical (unpaired) electrons. The van der Waals surface area contributed by atoms with Crippen LogP contribution in [0.15, 0.2) is 24.3 Å². The van der Waals surface area contributed by atoms with Gasteiger partial charge in [-0.3, -0.25) is 5.10 Å². The van der Waals surface area contributed by atoms with Crippen LogP contribution in [0.4, 0.5) is 0 Å². The van der Waals surface area contributed by atoms with Gasteiger partial charge in [0.2, 0.25) is 0 Å². The monoisotopic (exact) mass is 275 g/mol. The predicted octanol–water partition coefficient (Wildman–Crippen LogP) is 2.13. The second kappa shape index (κ2) is 7.07. The molecule has 0 bridgehead atoms. The van der Waals surface area contributed by atoms with E-state index in [-0.39, 0.29) is 0 Å². The Morgan fingerprint density at radius 1 is 1.20 bits per heavy atom. The molecule has 108 valence electrons. The Morgan fingerprint density at radius 2 is 1.95 bits per heavy atom. The molecule has 20 heavy (non-hydrogen) atoms. The van der Waals surface area contributed by atoms with Gasteiger partial charge in [0, 0.05) is 19.2 Å². The molecule has 0 amide bonds. The van der Waals surface area contributed by atoms with Crippen molar-refractivity contribution in [2.45, 2.75) is 13.5 Å². The van der Waals surface area contributed by atoms with E-state index in [0.717, 1.165) is 29.2 Å². The van der Waals surface area contributed by atoms with Crippen LogP contribution in [-0.2, 0) is 11.3 Å². The summed E-state index contributed by atoms with van der Waals surface area (Å²) in [4.78, 5) is 0. The van der Waals surface area contributed by atoms with Crippen LogP contribution in [0.5, 0.6) is 5.75 Å². The maximum Gasteiger partial charge on any atom is 0.119 e. The highest BCUT2D eigenvalue weighted by molar-refractivity contribution is 5.64. The number of H-pyrrole nitrogens is 1. The minimum absolute atomic E-state index is 0.559. The third-order valence-electron chi connectivity index (χ3n) is 3.15. The normalized spacial score (nSPS) is 10.8. The molecule has 1 aromatic carbocycles. The molecule has 0 aliphatic rings. The number of aromatic nitrogens is 2. The lowest BCUT2D eigenvalue weighted by molar-refractivity contribution is 0.146. The summed E-state index contributed by atoms with van der Waals surface area (Å²) in [6.07, 6.45) is 0. The van der Waals surface area contributed by atoms with E-state index in [9.17, 15) is 0 Å². The predicted molar refractivity (Wildman–Crippen MR) is 78.9 cm³/mol. The molecule has 2 rings (SSSR count). The molecule has 0 aliphatic carbocycles. The Labute approximate surface area is 119 Å². The number of rotatable bonds is 7. The highest BCUT2D eigenvalue weighted by Crippen LogP contribution is 2.25. The van der Waals surface area contributed by atoms with Crippen LogP contribution in [0.25, 0.3) is 11.3 Å². The van der Waals surface area contributed by atoms with Crippen molar-refractivity contribution in [2.75, 3.05) is 27.4 Å². The number of ether oxygens (including phenoxy) is 2. The van der Waals surface area contributed by atoms with Gasteiger partial charge >= 0.3 is 0 Å². The summed E-state index contributed by atoms with van der Waals surface area (Å²) in [6.45, 7) is 4.02. The van der Waals surface area contributed by atoms with Crippen molar-refractivity contribution in [1.29, 1.82) is 0 Å². The number of hydrogen-bond donors (Lipinski definition) is 2. The first kappa shape index (κ1) is 14.6. The van der Waals surface area contributed by atoms with Crippen molar-refractivity contribution in [3.8, 4) is 17.0 Å². The van der Waals surface area contributed by atoms with Crippen LogP contribution in [0.3, 0.4) is 0 Å². The lowest BCUT2D eigenvalue weighted by atomic mass is 10.1. The van der Waals surface area contributed by atoms with E-state index in [2.05, 4.69) is 22.4 Å². The SMILES string of the molecule is CNCc1[nH]nc(-c2ccc(OCCOC)cc2)c1C. The van der Waals surface area contributed by atoms with Gasteiger partial charge in [0.1, 0.15) is 12.4 Å². The Kier molecular flexibility index (Phi) is 5.15. The summed E-state index contributed by atoms with van der Waals surface area (Å²) in [7, 11) is 3.58. The lowest BCUT2D eigenvalue weighted by Gasteiger charge is -2.06. The number of nitrogens with one attached hydrogen (secondary N) is 2. The largest absolute Gasteiger partial charge is 0.491 e. The van der Waals surface area contributed by atoms with Gasteiger partial charge in [-0.05, 0) is 43.8 Å². The molecule has 2 N–H and O–H groups in total. The molecule has 0 fully saturated rings. The van der Waals surface area contributed by atoms with Crippen LogP contribution < -0.4 is 10.1 Å². The second-order valence-corrected chi connectivity index (χ2v) is 4.57. The summed E-state index contributed by atoms with van der Waals surface area (Å²) >= 11 is 0. The zero-order valence-electron chi connectivity index (χ0n) is 12.2. The number of methoxy groups -OCH3 is 1. The first-order valence-corrected chi connectivity index (χ1v) is 6.67. The highest BCUT2D eigenvalue weighted by atomic mass is 16.5. The van der Waals surface area contributed by atoms with Gasteiger partial charge in [0.25, 0.3) is 0 Å². The van der Waals surface area contributed by atoms with Gasteiger partial charge in [0.15, 0.2) is 0 Å². The average Bonchev–Trinajstić information content (AvgIpc) is 2.82. The van der Waals surface area contributed by atoms with Crippen molar-refractivity contribution < 1.29 is 9.47 Å². The van der Waals surface area contributed by atoms with Crippen molar-refractivity contribution in [1.82, 2.24) is 15.5 Å². The van der Waals surface area contributed by atoms with Crippen molar-refractivity contribution in [2.24, 2.45) is 0 Å². The van der Waals surface area contributed by atoms with E-state index in [1.165, 1.54) is 5.56 Å². The van der Waals surface area contributed by atoms with Crippen LogP contribution >= 0.6 is 0 Å². The molecule has 0 atom stereocenters. The van der Waals surface area contributed by atoms with Gasteiger partial charge in [-0.1, -0.05) is 0 Å². The van der Waals surface area contributed by atoms with E-state index in [1.54, 1.807) is 7.11 Å². The Bertz CT molecular complexity index is 535. The maximum absolute atomic E-state index is 5.55. The highest BCUT2D eigenvalue weighted by Gasteiger charge is 2.10. The molecule has 0 unspecified atom stereocenters. The molecule has 2 aromatic rings. The zero-order valence-corrected chi connectivity index (χ0v) is 12.2. The smallest absolute Gasteiger partial charge is 0.119 e. The Morgan fingerprint density at radius 3 is 2.60 bits per heavy atom. The summed E-state index contributed by atoms with van der Waals surface area (Å²) in [5.41, 5.74) is 4.36. The lowest BCUT2D eigenvalue weighted by Crippen LogP contribution is -2.06. The standard InChI is InChI=1S/C15H21N3O2/c1-11-14(10-16-2)17-18-15(11)12-4-6-13(7-5-12)20-9-8-19-3/h4-7,16H,8-10H2,1-3H3,(H,17,18). The topological polar surface area (TPSA) is 59.2 Å². The van der Waals surface area contributed by atoms with Gasteiger partial charge in [-0.25, -0.2) is 0 Å². The maximum atomic E-state index is 5.55. The van der Waals surface area contributed by atoms with E-state index >= 15 is 0 Å². The minimum atomic E-state index is 0.559. The first-order valence-electron chi connectivity index (χ1n) is 6.67. The molecule has 5 heteroatoms. The summed E-state index contributed by atoms with van der Waals surface area (Å²) in [5.74, 6) is 0.842. The molecule has 0 saturated carbocycles. The zero-order chi connectivity index (χ0) is 14.4. The van der Waals surface area contributed by atoms with Gasteiger partial charge in [0.05, 0.1) is 18.0 Å². The summed E-state index contributed by atoms with van der Waals surface area (Å²) < 4.78 is 10.5. The molecule has 0 saturated heterocycles. The molecule has 0 aliphatic heterocycles. The molecule has 0 spiro atoms. The molecular formula is C15H21N3O2. The van der Waals surface area contributed by atoms with Crippen LogP contribution in [0, 0.1) is 6.92 Å². The van der Waals surface area contributed by atoms with Crippen molar-refractivity contribution in [3.63, 3.8) is 0 Å². The van der Waals surface area contributed by atoms with Crippen LogP contribution in [0.2, 0.25) is 0 Å². The quantitative estimate of drug-likeness (QED) is 0.760. The summed E-state index contributed by atoms with van der Waals surface area (Å²) in [6, 6.07) is 7.96. The van der Waals surface area contributed by atoms with Gasteiger partial charge in [-0.2, -0.15) is 5.10 Å². The Balaban J connectivity index is 2.09. The fourth-order valence-corrected chi connectivity index (χ4v) is 2.02. The second-order valence-electron chi connectivity index (χ2n) is 4.57. The first-order chi connectivity index (χ1) is 9.76. The minimum Gasteiger partial charge on any atom is -0.491 e. The number of nitrogens with zero attached hydrogens (tertiary/aromatic N) is 1. The van der Waals surface area contributed by atoms with Crippen LogP contribution in [0.1, 0.15) is 11.3 Å². The average molecular weight is 275 g/mol. The fraction of sp³-hybridized carbons (Fsp3) is 0.400. The van der Waals surface area contributed by atoms with E-state index in [0.29, 0.717) is 13.2 Å². The fourth-order valence-electron chi connectivity index (χ4n) is 2.02. The molecular weight excluding hydrogens is 254 g/mol. The number of benzene rings is 1. The Hall–Kier alpha value is -1.85. The van der Waals surface area contributed by atoms with E-state index in [1.807, 2.05) is 31.3 Å². The summed E-state index contributed by atoms with van der Waals surface area (Å²) in [5, 5.41) is 10.6. The molecule has 5 nitrogen and oxygen atoms in total. The van der Waals surface area contributed by atoms with Crippen molar-refractivity contribution >= 4 is 0 Å². The third-order valence-corrected chi connectivity index (χ3v) is 3.15. The number of hydrogen-bond acceptors (Lipinski definition) is 4. The van der Waals surface area contributed by atoms with Gasteiger partial charge in [-0.15, -0.1) is 0 Å². The molecule has 1 aromatic heterocycles. The van der Waals surface area contributed by atoms with Crippen LogP contribution in [-0.4, -0.2) is 37.6 Å². The van der Waals surface area contributed by atoms with E-state index < -0.39 is 0 Å². The molecule has 1 heterocycles. The van der Waals surface area contributed by atoms with Gasteiger partial charge < -0.3 is 14.8 Å². The number of aromatic amines is 1.